The van der Waals surface area contributed by atoms with Gasteiger partial charge in [0, 0.05) is 59.5 Å². The average molecular weight is 1430 g/mol. The number of amides is 2. The van der Waals surface area contributed by atoms with Gasteiger partial charge in [0.1, 0.15) is 17.3 Å². The van der Waals surface area contributed by atoms with Crippen molar-refractivity contribution < 1.29 is 57.1 Å². The first-order valence-corrected chi connectivity index (χ1v) is 38.2. The SMILES string of the molecule is CC[C@H](CCCCNC(=O)[C@@H](CCCCN)NCN[C@@H](CCCCN)C(=O)NCCCC[C@H](CCc1cc(NC(=N)N)ccc1OC(=O)c1ccccc1)C(=O)OC1=CC[C@@]2(C)[C@H]3Cc4ccc(OC)c5c4[C@@]2(CCN3C)[C@H]1O5)C(=O)OC1=CC[C@@]2(C)[C@H]3Cc4ccc(OC)c5c4[C@@]2(CCN3C)[C@H]1O5. The van der Waals surface area contributed by atoms with Gasteiger partial charge in [-0.25, -0.2) is 4.79 Å². The lowest BCUT2D eigenvalue weighted by molar-refractivity contribution is -0.150. The molecule has 562 valence electrons. The number of carbonyl (C=O) groups is 5. The van der Waals surface area contributed by atoms with Gasteiger partial charge in [-0.15, -0.1) is 0 Å². The topological polar surface area (TPSA) is 319 Å². The zero-order valence-electron chi connectivity index (χ0n) is 62.0. The predicted octanol–water partition coefficient (Wildman–Crippen LogP) is 9.10. The number of benzene rings is 4. The highest BCUT2D eigenvalue weighted by atomic mass is 16.6. The van der Waals surface area contributed by atoms with Crippen LogP contribution in [0.1, 0.15) is 175 Å². The van der Waals surface area contributed by atoms with Crippen LogP contribution in [0, 0.1) is 28.1 Å². The van der Waals surface area contributed by atoms with Crippen LogP contribution in [-0.2, 0) is 58.7 Å². The third kappa shape index (κ3) is 14.6. The molecule has 2 spiro atoms. The minimum absolute atomic E-state index is 0.111. The number of nitrogens with two attached hydrogens (primary N) is 3. The highest BCUT2D eigenvalue weighted by Crippen LogP contribution is 2.71. The summed E-state index contributed by atoms with van der Waals surface area (Å²) in [5, 5.41) is 23.9. The van der Waals surface area contributed by atoms with Crippen LogP contribution in [0.25, 0.3) is 0 Å². The molecule has 12 N–H and O–H groups in total. The number of hydrogen-bond donors (Lipinski definition) is 9. The lowest BCUT2D eigenvalue weighted by Gasteiger charge is -2.63. The number of guanidine groups is 1. The number of likely N-dealkylation sites (N-methyl/N-ethyl adjacent to an activating group) is 2. The van der Waals surface area contributed by atoms with Gasteiger partial charge in [-0.05, 0) is 221 Å². The molecule has 4 aromatic rings. The Bertz CT molecular complexity index is 3870. The number of methoxy groups -OCH3 is 2. The monoisotopic (exact) mass is 1430 g/mol. The number of aryl methyl sites for hydroxylation is 1. The van der Waals surface area contributed by atoms with Crippen molar-refractivity contribution >= 4 is 41.4 Å². The standard InChI is InChI=1S/C81H111N11O12/c1-8-50(74(95)101-62-34-36-78(2)64-47-54-28-31-60(98-6)68-66(54)80(78,70(62)103-68)38-44-91(64)4)20-14-18-42-86-72(93)57(24-12-16-40-82)88-49-89-58(25-13-17-41-83)73(94)87-43-19-15-23-52(26-27-53-46-56(90-77(84)85)30-33-59(53)100-75(96)51-21-10-9-11-22-51)76(97)102-63-35-37-79(3)65-48-55-29-32-61(99-7)69-67(55)81(79,71(63)104-69)39-45-92(65)5/h9-11,21-22,28-35,46,50,52,57-58,64-65,70-71,88-89H,8,12-20,23-27,36-45,47-49,82-83H2,1-7H3,(H,86,93)(H,87,94)(H4,84,85,90)/t50-,52-,57-,58+,64-,65-,70+,71+,78+,79+,80+,81+/m1/s1. The van der Waals surface area contributed by atoms with Gasteiger partial charge in [0.25, 0.3) is 0 Å². The molecule has 4 aromatic carbocycles. The third-order valence-corrected chi connectivity index (χ3v) is 24.9. The summed E-state index contributed by atoms with van der Waals surface area (Å²) in [6, 6.07) is 21.6. The molecule has 23 heteroatoms. The van der Waals surface area contributed by atoms with E-state index < -0.39 is 47.6 Å². The van der Waals surface area contributed by atoms with E-state index in [1.165, 1.54) is 22.3 Å². The molecule has 0 saturated carbocycles. The lowest BCUT2D eigenvalue weighted by atomic mass is 9.45. The van der Waals surface area contributed by atoms with Crippen molar-refractivity contribution in [3.8, 4) is 28.7 Å². The van der Waals surface area contributed by atoms with E-state index in [0.29, 0.717) is 161 Å². The maximum Gasteiger partial charge on any atom is 0.343 e. The molecule has 0 aromatic heterocycles. The van der Waals surface area contributed by atoms with Crippen LogP contribution < -0.4 is 67.5 Å². The van der Waals surface area contributed by atoms with Gasteiger partial charge in [-0.2, -0.15) is 0 Å². The Morgan fingerprint density at radius 2 is 1.11 bits per heavy atom. The van der Waals surface area contributed by atoms with Crippen LogP contribution in [0.15, 0.2) is 96.5 Å². The summed E-state index contributed by atoms with van der Waals surface area (Å²) in [6.45, 7) is 10.5. The van der Waals surface area contributed by atoms with E-state index in [2.05, 4.69) is 88.6 Å². The fourth-order valence-corrected chi connectivity index (χ4v) is 19.1. The summed E-state index contributed by atoms with van der Waals surface area (Å²) in [7, 11) is 7.76. The van der Waals surface area contributed by atoms with Crippen molar-refractivity contribution in [3.05, 3.63) is 130 Å². The number of nitrogens with zero attached hydrogens (tertiary/aromatic N) is 2. The molecule has 2 amide bonds. The molecule has 2 fully saturated rings. The Morgan fingerprint density at radius 1 is 0.615 bits per heavy atom. The fourth-order valence-electron chi connectivity index (χ4n) is 19.1. The Labute approximate surface area is 613 Å². The van der Waals surface area contributed by atoms with E-state index in [-0.39, 0.29) is 58.6 Å². The normalized spacial score (nSPS) is 25.4. The van der Waals surface area contributed by atoms with E-state index in [0.717, 1.165) is 76.0 Å². The van der Waals surface area contributed by atoms with E-state index in [1.54, 1.807) is 56.7 Å². The van der Waals surface area contributed by atoms with E-state index in [1.807, 2.05) is 25.1 Å². The Hall–Kier alpha value is -8.06. The largest absolute Gasteiger partial charge is 0.493 e. The van der Waals surface area contributed by atoms with Gasteiger partial charge < -0.3 is 76.1 Å². The molecular weight excluding hydrogens is 1320 g/mol. The van der Waals surface area contributed by atoms with Gasteiger partial charge >= 0.3 is 17.9 Å². The van der Waals surface area contributed by atoms with E-state index in [9.17, 15) is 19.2 Å². The number of rotatable bonds is 37. The molecule has 8 aliphatic rings. The van der Waals surface area contributed by atoms with Crippen LogP contribution >= 0.6 is 0 Å². The second-order valence-corrected chi connectivity index (χ2v) is 30.7. The summed E-state index contributed by atoms with van der Waals surface area (Å²) in [4.78, 5) is 75.9. The van der Waals surface area contributed by atoms with Crippen molar-refractivity contribution in [3.63, 3.8) is 0 Å². The molecule has 23 nitrogen and oxygen atoms in total. The van der Waals surface area contributed by atoms with Crippen LogP contribution in [0.3, 0.4) is 0 Å². The van der Waals surface area contributed by atoms with Crippen LogP contribution in [0.4, 0.5) is 5.69 Å². The third-order valence-electron chi connectivity index (χ3n) is 24.9. The highest BCUT2D eigenvalue weighted by Gasteiger charge is 2.72. The molecule has 4 aliphatic heterocycles. The molecule has 4 aliphatic carbocycles. The number of piperidine rings is 2. The molecule has 12 atom stereocenters. The van der Waals surface area contributed by atoms with Gasteiger partial charge in [0.05, 0.1) is 54.5 Å². The first-order chi connectivity index (χ1) is 50.3. The quantitative estimate of drug-likeness (QED) is 0.00507. The van der Waals surface area contributed by atoms with Crippen molar-refractivity contribution in [2.75, 3.05) is 79.6 Å². The Morgan fingerprint density at radius 3 is 1.60 bits per heavy atom. The number of hydrogen-bond acceptors (Lipinski definition) is 19. The summed E-state index contributed by atoms with van der Waals surface area (Å²) in [6.07, 6.45) is 16.9. The Balaban J connectivity index is 0.655. The summed E-state index contributed by atoms with van der Waals surface area (Å²) < 4.78 is 44.8. The zero-order chi connectivity index (χ0) is 73.5. The van der Waals surface area contributed by atoms with E-state index >= 15 is 4.79 Å². The van der Waals surface area contributed by atoms with Gasteiger partial charge in [0.2, 0.25) is 11.8 Å². The van der Waals surface area contributed by atoms with Crippen LogP contribution in [0.5, 0.6) is 28.7 Å². The Kier molecular flexibility index (Phi) is 23.8. The van der Waals surface area contributed by atoms with E-state index in [4.69, 9.17) is 55.8 Å². The predicted molar refractivity (Wildman–Crippen MR) is 399 cm³/mol. The summed E-state index contributed by atoms with van der Waals surface area (Å²) in [5.41, 5.74) is 23.0. The number of ether oxygens (including phenoxy) is 7. The first-order valence-electron chi connectivity index (χ1n) is 38.2. The van der Waals surface area contributed by atoms with Gasteiger partial charge in [-0.1, -0.05) is 76.8 Å². The van der Waals surface area contributed by atoms with Gasteiger partial charge in [-0.3, -0.25) is 35.2 Å². The maximum atomic E-state index is 15.1. The summed E-state index contributed by atoms with van der Waals surface area (Å²) >= 11 is 0. The maximum absolute atomic E-state index is 15.1. The number of nitrogens with one attached hydrogen (secondary N) is 6. The number of unbranched alkanes of at least 4 members (excludes halogenated alkanes) is 4. The van der Waals surface area contributed by atoms with Crippen LogP contribution in [-0.4, -0.2) is 156 Å². The molecule has 104 heavy (non-hydrogen) atoms. The number of anilines is 1. The second-order valence-electron chi connectivity index (χ2n) is 30.7. The van der Waals surface area contributed by atoms with Gasteiger partial charge in [0.15, 0.2) is 41.2 Å². The van der Waals surface area contributed by atoms with Crippen molar-refractivity contribution in [1.29, 1.82) is 5.41 Å². The number of allylic oxidation sites excluding steroid dienone is 2. The second kappa shape index (κ2) is 32.8. The molecule has 0 unspecified atom stereocenters. The summed E-state index contributed by atoms with van der Waals surface area (Å²) in [5.74, 6) is 1.53. The van der Waals surface area contributed by atoms with Crippen molar-refractivity contribution in [2.45, 2.75) is 203 Å². The number of likely N-dealkylation sites (tertiary alicyclic amines) is 2. The minimum atomic E-state index is -0.644. The number of esters is 3. The molecule has 2 saturated heterocycles. The molecule has 12 rings (SSSR count). The first kappa shape index (κ1) is 75.6. The highest BCUT2D eigenvalue weighted by molar-refractivity contribution is 5.92. The van der Waals surface area contributed by atoms with Crippen molar-refractivity contribution in [1.82, 2.24) is 31.1 Å². The van der Waals surface area contributed by atoms with Crippen molar-refractivity contribution in [2.24, 2.45) is 39.9 Å². The smallest absolute Gasteiger partial charge is 0.343 e. The average Bonchev–Trinajstić information content (AvgIpc) is 1.44. The molecule has 4 bridgehead atoms. The fraction of sp³-hybridized carbons (Fsp3) is 0.580. The minimum Gasteiger partial charge on any atom is -0.493 e. The van der Waals surface area contributed by atoms with Crippen LogP contribution in [0.2, 0.25) is 0 Å². The molecular formula is C81H111N11O12. The zero-order valence-corrected chi connectivity index (χ0v) is 62.0. The lowest BCUT2D eigenvalue weighted by Crippen LogP contribution is -2.69. The molecule has 4 heterocycles. The number of carbonyl (C=O) groups excluding carboxylic acids is 5. The molecule has 0 radical (unpaired) electrons.